The highest BCUT2D eigenvalue weighted by Crippen LogP contribution is 2.22. The van der Waals surface area contributed by atoms with Crippen molar-refractivity contribution in [3.63, 3.8) is 0 Å². The first-order chi connectivity index (χ1) is 12.5. The number of carbonyl (C=O) groups excluding carboxylic acids is 2. The van der Waals surface area contributed by atoms with Crippen LogP contribution >= 0.6 is 0 Å². The summed E-state index contributed by atoms with van der Waals surface area (Å²) in [7, 11) is 1.34. The monoisotopic (exact) mass is 359 g/mol. The van der Waals surface area contributed by atoms with Gasteiger partial charge in [0.1, 0.15) is 5.82 Å². The molecule has 9 heteroatoms. The van der Waals surface area contributed by atoms with Gasteiger partial charge in [-0.15, -0.1) is 0 Å². The molecular weight excluding hydrogens is 338 g/mol. The van der Waals surface area contributed by atoms with Gasteiger partial charge in [0.15, 0.2) is 0 Å². The van der Waals surface area contributed by atoms with E-state index in [4.69, 9.17) is 4.74 Å². The SMILES string of the molecule is COC(=O)c1cncc(CC2CCN(C(=O)CCc3n[nH]c(=O)[nH]3)C2)c1. The number of pyridine rings is 1. The molecule has 1 atom stereocenters. The first kappa shape index (κ1) is 17.8. The van der Waals surface area contributed by atoms with Crippen LogP contribution in [0.1, 0.15) is 34.6 Å². The number of aryl methyl sites for hydroxylation is 1. The lowest BCUT2D eigenvalue weighted by molar-refractivity contribution is -0.130. The van der Waals surface area contributed by atoms with E-state index in [-0.39, 0.29) is 11.6 Å². The second-order valence-electron chi connectivity index (χ2n) is 6.40. The Morgan fingerprint density at radius 1 is 1.38 bits per heavy atom. The van der Waals surface area contributed by atoms with Gasteiger partial charge < -0.3 is 9.64 Å². The summed E-state index contributed by atoms with van der Waals surface area (Å²) in [5.41, 5.74) is 1.03. The zero-order chi connectivity index (χ0) is 18.5. The lowest BCUT2D eigenvalue weighted by Gasteiger charge is -2.16. The number of hydrogen-bond donors (Lipinski definition) is 2. The Morgan fingerprint density at radius 2 is 2.23 bits per heavy atom. The number of rotatable bonds is 6. The zero-order valence-corrected chi connectivity index (χ0v) is 14.5. The second-order valence-corrected chi connectivity index (χ2v) is 6.40. The van der Waals surface area contributed by atoms with E-state index in [1.165, 1.54) is 13.3 Å². The van der Waals surface area contributed by atoms with Gasteiger partial charge in [0, 0.05) is 38.3 Å². The minimum Gasteiger partial charge on any atom is -0.465 e. The Hall–Kier alpha value is -2.97. The van der Waals surface area contributed by atoms with E-state index in [1.807, 2.05) is 4.90 Å². The third-order valence-electron chi connectivity index (χ3n) is 4.50. The largest absolute Gasteiger partial charge is 0.465 e. The maximum absolute atomic E-state index is 12.3. The van der Waals surface area contributed by atoms with Crippen LogP contribution in [0.3, 0.4) is 0 Å². The molecule has 1 saturated heterocycles. The van der Waals surface area contributed by atoms with E-state index in [2.05, 4.69) is 20.2 Å². The second kappa shape index (κ2) is 7.94. The van der Waals surface area contributed by atoms with Gasteiger partial charge in [0.05, 0.1) is 12.7 Å². The Kier molecular flexibility index (Phi) is 5.45. The maximum atomic E-state index is 12.3. The maximum Gasteiger partial charge on any atom is 0.340 e. The molecule has 0 aliphatic carbocycles. The fourth-order valence-electron chi connectivity index (χ4n) is 3.19. The minimum atomic E-state index is -0.404. The fraction of sp³-hybridized carbons (Fsp3) is 0.471. The van der Waals surface area contributed by atoms with Crippen LogP contribution in [0, 0.1) is 5.92 Å². The first-order valence-electron chi connectivity index (χ1n) is 8.48. The van der Waals surface area contributed by atoms with E-state index in [1.54, 1.807) is 12.3 Å². The van der Waals surface area contributed by atoms with Crippen molar-refractivity contribution in [1.29, 1.82) is 0 Å². The van der Waals surface area contributed by atoms with Crippen LogP contribution in [0.15, 0.2) is 23.3 Å². The number of esters is 1. The van der Waals surface area contributed by atoms with Gasteiger partial charge in [-0.25, -0.2) is 14.7 Å². The molecule has 0 saturated carbocycles. The third kappa shape index (κ3) is 4.35. The number of ether oxygens (including phenoxy) is 1. The summed E-state index contributed by atoms with van der Waals surface area (Å²) in [6.07, 6.45) is 5.61. The van der Waals surface area contributed by atoms with E-state index in [0.29, 0.717) is 43.2 Å². The van der Waals surface area contributed by atoms with Gasteiger partial charge in [0.2, 0.25) is 5.91 Å². The number of amides is 1. The molecule has 138 valence electrons. The van der Waals surface area contributed by atoms with Crippen molar-refractivity contribution in [1.82, 2.24) is 25.1 Å². The number of nitrogens with zero attached hydrogens (tertiary/aromatic N) is 3. The van der Waals surface area contributed by atoms with Gasteiger partial charge in [-0.05, 0) is 30.4 Å². The quantitative estimate of drug-likeness (QED) is 0.716. The predicted molar refractivity (Wildman–Crippen MR) is 91.5 cm³/mol. The normalized spacial score (nSPS) is 16.7. The lowest BCUT2D eigenvalue weighted by Crippen LogP contribution is -2.29. The van der Waals surface area contributed by atoms with E-state index < -0.39 is 5.97 Å². The van der Waals surface area contributed by atoms with Gasteiger partial charge >= 0.3 is 11.7 Å². The molecular formula is C17H21N5O4. The molecule has 3 rings (SSSR count). The average molecular weight is 359 g/mol. The number of carbonyl (C=O) groups is 2. The van der Waals surface area contributed by atoms with Crippen LogP contribution in [-0.2, 0) is 22.4 Å². The molecule has 0 aromatic carbocycles. The van der Waals surface area contributed by atoms with Crippen LogP contribution in [-0.4, -0.2) is 57.1 Å². The topological polar surface area (TPSA) is 121 Å². The molecule has 26 heavy (non-hydrogen) atoms. The number of H-pyrrole nitrogens is 2. The summed E-state index contributed by atoms with van der Waals surface area (Å²) in [6.45, 7) is 1.39. The van der Waals surface area contributed by atoms with E-state index >= 15 is 0 Å². The molecule has 0 radical (unpaired) electrons. The fourth-order valence-corrected chi connectivity index (χ4v) is 3.19. The van der Waals surface area contributed by atoms with Gasteiger partial charge in [-0.3, -0.25) is 14.8 Å². The van der Waals surface area contributed by atoms with Crippen molar-refractivity contribution in [3.05, 3.63) is 45.9 Å². The molecule has 1 amide bonds. The van der Waals surface area contributed by atoms with Gasteiger partial charge in [-0.2, -0.15) is 5.10 Å². The van der Waals surface area contributed by atoms with Crippen molar-refractivity contribution in [2.24, 2.45) is 5.92 Å². The van der Waals surface area contributed by atoms with Crippen LogP contribution in [0.4, 0.5) is 0 Å². The Bertz CT molecular complexity index is 843. The summed E-state index contributed by atoms with van der Waals surface area (Å²) in [5.74, 6) is 0.473. The number of methoxy groups -OCH3 is 1. The summed E-state index contributed by atoms with van der Waals surface area (Å²) >= 11 is 0. The molecule has 1 aliphatic rings. The molecule has 0 spiro atoms. The van der Waals surface area contributed by atoms with Crippen LogP contribution in [0.2, 0.25) is 0 Å². The van der Waals surface area contributed by atoms with Crippen molar-refractivity contribution in [2.45, 2.75) is 25.7 Å². The number of aromatic amines is 2. The highest BCUT2D eigenvalue weighted by Gasteiger charge is 2.26. The third-order valence-corrected chi connectivity index (χ3v) is 4.50. The molecule has 2 aromatic heterocycles. The molecule has 1 unspecified atom stereocenters. The molecule has 2 N–H and O–H groups in total. The number of nitrogens with one attached hydrogen (secondary N) is 2. The first-order valence-corrected chi connectivity index (χ1v) is 8.48. The van der Waals surface area contributed by atoms with Crippen molar-refractivity contribution in [3.8, 4) is 0 Å². The van der Waals surface area contributed by atoms with Crippen LogP contribution in [0.5, 0.6) is 0 Å². The van der Waals surface area contributed by atoms with E-state index in [0.717, 1.165) is 18.4 Å². The molecule has 2 aromatic rings. The summed E-state index contributed by atoms with van der Waals surface area (Å²) in [5, 5.41) is 6.09. The van der Waals surface area contributed by atoms with Crippen molar-refractivity contribution >= 4 is 11.9 Å². The Morgan fingerprint density at radius 3 is 2.96 bits per heavy atom. The predicted octanol–water partition coefficient (Wildman–Crippen LogP) is 0.303. The van der Waals surface area contributed by atoms with Gasteiger partial charge in [0.25, 0.3) is 0 Å². The number of hydrogen-bond acceptors (Lipinski definition) is 6. The van der Waals surface area contributed by atoms with Crippen LogP contribution in [0.25, 0.3) is 0 Å². The molecule has 0 bridgehead atoms. The average Bonchev–Trinajstić information content (AvgIpc) is 3.28. The van der Waals surface area contributed by atoms with Gasteiger partial charge in [-0.1, -0.05) is 0 Å². The van der Waals surface area contributed by atoms with E-state index in [9.17, 15) is 14.4 Å². The summed E-state index contributed by atoms with van der Waals surface area (Å²) in [4.78, 5) is 43.4. The van der Waals surface area contributed by atoms with Crippen molar-refractivity contribution in [2.75, 3.05) is 20.2 Å². The lowest BCUT2D eigenvalue weighted by atomic mass is 9.99. The Balaban J connectivity index is 1.51. The highest BCUT2D eigenvalue weighted by molar-refractivity contribution is 5.89. The molecule has 9 nitrogen and oxygen atoms in total. The number of aromatic nitrogens is 4. The minimum absolute atomic E-state index is 0.0535. The molecule has 3 heterocycles. The Labute approximate surface area is 149 Å². The smallest absolute Gasteiger partial charge is 0.340 e. The van der Waals surface area contributed by atoms with Crippen molar-refractivity contribution < 1.29 is 14.3 Å². The molecule has 1 aliphatic heterocycles. The summed E-state index contributed by atoms with van der Waals surface area (Å²) < 4.78 is 4.71. The highest BCUT2D eigenvalue weighted by atomic mass is 16.5. The summed E-state index contributed by atoms with van der Waals surface area (Å²) in [6, 6.07) is 1.79. The van der Waals surface area contributed by atoms with Crippen LogP contribution < -0.4 is 5.69 Å². The standard InChI is InChI=1S/C17H21N5O4/c1-26-16(24)13-7-12(8-18-9-13)6-11-4-5-22(10-11)15(23)3-2-14-19-17(25)21-20-14/h7-9,11H,2-6,10H2,1H3,(H2,19,20,21,25). The zero-order valence-electron chi connectivity index (χ0n) is 14.5. The number of likely N-dealkylation sites (tertiary alicyclic amines) is 1. The molecule has 1 fully saturated rings.